The summed E-state index contributed by atoms with van der Waals surface area (Å²) in [5, 5.41) is 0.653. The number of benzene rings is 1. The molecule has 0 aromatic heterocycles. The lowest BCUT2D eigenvalue weighted by atomic mass is 10.1. The van der Waals surface area contributed by atoms with Gasteiger partial charge in [0, 0.05) is 12.0 Å². The Morgan fingerprint density at radius 1 is 1.45 bits per heavy atom. The zero-order valence-corrected chi connectivity index (χ0v) is 6.69. The number of rotatable bonds is 0. The summed E-state index contributed by atoms with van der Waals surface area (Å²) >= 11 is 5.93. The van der Waals surface area contributed by atoms with Gasteiger partial charge in [0.15, 0.2) is 0 Å². The zero-order chi connectivity index (χ0) is 7.84. The smallest absolute Gasteiger partial charge is 0.124 e. The Bertz CT molecular complexity index is 298. The summed E-state index contributed by atoms with van der Waals surface area (Å²) < 4.78 is 5.29. The van der Waals surface area contributed by atoms with Gasteiger partial charge in [0.2, 0.25) is 0 Å². The largest absolute Gasteiger partial charge is 0.493 e. The van der Waals surface area contributed by atoms with Crippen molar-refractivity contribution in [1.29, 1.82) is 0 Å². The van der Waals surface area contributed by atoms with E-state index in [1.807, 2.05) is 6.07 Å². The maximum Gasteiger partial charge on any atom is 0.124 e. The minimum atomic E-state index is 0.635. The number of anilines is 1. The first-order valence-electron chi connectivity index (χ1n) is 3.48. The van der Waals surface area contributed by atoms with Crippen LogP contribution in [0.4, 0.5) is 5.69 Å². The highest BCUT2D eigenvalue weighted by Crippen LogP contribution is 2.35. The molecule has 0 saturated heterocycles. The van der Waals surface area contributed by atoms with E-state index in [0.29, 0.717) is 10.7 Å². The summed E-state index contributed by atoms with van der Waals surface area (Å²) in [4.78, 5) is 0. The average molecular weight is 170 g/mol. The van der Waals surface area contributed by atoms with Crippen LogP contribution in [-0.4, -0.2) is 6.61 Å². The summed E-state index contributed by atoms with van der Waals surface area (Å²) in [6, 6.07) is 3.63. The van der Waals surface area contributed by atoms with Crippen molar-refractivity contribution in [2.75, 3.05) is 12.3 Å². The molecule has 3 heteroatoms. The number of hydrogen-bond acceptors (Lipinski definition) is 2. The molecule has 0 amide bonds. The van der Waals surface area contributed by atoms with Crippen LogP contribution >= 0.6 is 11.6 Å². The summed E-state index contributed by atoms with van der Waals surface area (Å²) in [6.07, 6.45) is 0.874. The Labute approximate surface area is 69.9 Å². The second-order valence-corrected chi connectivity index (χ2v) is 2.92. The molecule has 1 aliphatic rings. The third-order valence-electron chi connectivity index (χ3n) is 1.84. The fourth-order valence-electron chi connectivity index (χ4n) is 1.25. The predicted octanol–water partition coefficient (Wildman–Crippen LogP) is 1.86. The molecule has 0 radical (unpaired) electrons. The van der Waals surface area contributed by atoms with E-state index in [2.05, 4.69) is 0 Å². The van der Waals surface area contributed by atoms with Crippen LogP contribution in [0, 0.1) is 0 Å². The van der Waals surface area contributed by atoms with Gasteiger partial charge in [0.05, 0.1) is 17.3 Å². The SMILES string of the molecule is Nc1ccc2c(c1Cl)CCO2. The Morgan fingerprint density at radius 3 is 3.09 bits per heavy atom. The fraction of sp³-hybridized carbons (Fsp3) is 0.250. The number of ether oxygens (including phenoxy) is 1. The van der Waals surface area contributed by atoms with Crippen molar-refractivity contribution in [3.8, 4) is 5.75 Å². The summed E-state index contributed by atoms with van der Waals surface area (Å²) in [5.74, 6) is 0.879. The number of fused-ring (bicyclic) bond motifs is 1. The van der Waals surface area contributed by atoms with Gasteiger partial charge in [-0.1, -0.05) is 11.6 Å². The van der Waals surface area contributed by atoms with Gasteiger partial charge in [0.25, 0.3) is 0 Å². The zero-order valence-electron chi connectivity index (χ0n) is 5.93. The molecule has 1 aliphatic heterocycles. The molecule has 0 aliphatic carbocycles. The summed E-state index contributed by atoms with van der Waals surface area (Å²) in [7, 11) is 0. The van der Waals surface area contributed by atoms with E-state index < -0.39 is 0 Å². The van der Waals surface area contributed by atoms with Crippen LogP contribution < -0.4 is 10.5 Å². The standard InChI is InChI=1S/C8H8ClNO/c9-8-5-3-4-11-7(5)2-1-6(8)10/h1-2H,3-4,10H2. The van der Waals surface area contributed by atoms with E-state index in [-0.39, 0.29) is 0 Å². The molecule has 2 N–H and O–H groups in total. The van der Waals surface area contributed by atoms with Gasteiger partial charge < -0.3 is 10.5 Å². The van der Waals surface area contributed by atoms with E-state index in [0.717, 1.165) is 24.3 Å². The average Bonchev–Trinajstić information content (AvgIpc) is 2.45. The molecule has 0 bridgehead atoms. The Kier molecular flexibility index (Phi) is 1.43. The Hall–Kier alpha value is -0.890. The lowest BCUT2D eigenvalue weighted by Gasteiger charge is -2.02. The number of nitrogens with two attached hydrogens (primary N) is 1. The van der Waals surface area contributed by atoms with Crippen LogP contribution in [-0.2, 0) is 6.42 Å². The van der Waals surface area contributed by atoms with E-state index in [1.165, 1.54) is 0 Å². The van der Waals surface area contributed by atoms with Crippen molar-refractivity contribution < 1.29 is 4.74 Å². The van der Waals surface area contributed by atoms with Crippen LogP contribution in [0.3, 0.4) is 0 Å². The second kappa shape index (κ2) is 2.31. The van der Waals surface area contributed by atoms with Gasteiger partial charge in [0.1, 0.15) is 5.75 Å². The molecule has 0 saturated carbocycles. The molecule has 0 atom stereocenters. The predicted molar refractivity (Wildman–Crippen MR) is 45.1 cm³/mol. The van der Waals surface area contributed by atoms with Crippen molar-refractivity contribution in [3.63, 3.8) is 0 Å². The van der Waals surface area contributed by atoms with Crippen molar-refractivity contribution in [2.45, 2.75) is 6.42 Å². The molecule has 0 fully saturated rings. The second-order valence-electron chi connectivity index (χ2n) is 2.54. The Balaban J connectivity index is 2.62. The van der Waals surface area contributed by atoms with Gasteiger partial charge in [-0.15, -0.1) is 0 Å². The monoisotopic (exact) mass is 169 g/mol. The van der Waals surface area contributed by atoms with Gasteiger partial charge in [-0.2, -0.15) is 0 Å². The van der Waals surface area contributed by atoms with Crippen LogP contribution in [0.2, 0.25) is 5.02 Å². The van der Waals surface area contributed by atoms with E-state index in [9.17, 15) is 0 Å². The third-order valence-corrected chi connectivity index (χ3v) is 2.29. The maximum atomic E-state index is 5.93. The van der Waals surface area contributed by atoms with Crippen molar-refractivity contribution in [2.24, 2.45) is 0 Å². The first-order valence-corrected chi connectivity index (χ1v) is 3.86. The number of nitrogen functional groups attached to an aromatic ring is 1. The first-order chi connectivity index (χ1) is 5.29. The van der Waals surface area contributed by atoms with Crippen LogP contribution in [0.15, 0.2) is 12.1 Å². The molecule has 0 unspecified atom stereocenters. The molecule has 1 heterocycles. The highest BCUT2D eigenvalue weighted by Gasteiger charge is 2.16. The van der Waals surface area contributed by atoms with Gasteiger partial charge >= 0.3 is 0 Å². The molecule has 1 aromatic rings. The topological polar surface area (TPSA) is 35.2 Å². The quantitative estimate of drug-likeness (QED) is 0.602. The van der Waals surface area contributed by atoms with E-state index in [1.54, 1.807) is 6.07 Å². The maximum absolute atomic E-state index is 5.93. The molecule has 2 nitrogen and oxygen atoms in total. The third kappa shape index (κ3) is 0.942. The van der Waals surface area contributed by atoms with Gasteiger partial charge in [-0.05, 0) is 12.1 Å². The minimum Gasteiger partial charge on any atom is -0.493 e. The molecule has 1 aromatic carbocycles. The molecule has 11 heavy (non-hydrogen) atoms. The lowest BCUT2D eigenvalue weighted by Crippen LogP contribution is -1.88. The highest BCUT2D eigenvalue weighted by molar-refractivity contribution is 6.34. The molecule has 0 spiro atoms. The van der Waals surface area contributed by atoms with E-state index >= 15 is 0 Å². The minimum absolute atomic E-state index is 0.635. The van der Waals surface area contributed by atoms with Crippen molar-refractivity contribution in [1.82, 2.24) is 0 Å². The number of halogens is 1. The van der Waals surface area contributed by atoms with Crippen LogP contribution in [0.5, 0.6) is 5.75 Å². The summed E-state index contributed by atoms with van der Waals surface area (Å²) in [6.45, 7) is 0.721. The van der Waals surface area contributed by atoms with Gasteiger partial charge in [-0.3, -0.25) is 0 Å². The normalized spacial score (nSPS) is 14.3. The lowest BCUT2D eigenvalue weighted by molar-refractivity contribution is 0.357. The van der Waals surface area contributed by atoms with Crippen LogP contribution in [0.1, 0.15) is 5.56 Å². The molecule has 2 rings (SSSR count). The van der Waals surface area contributed by atoms with Crippen molar-refractivity contribution in [3.05, 3.63) is 22.7 Å². The van der Waals surface area contributed by atoms with E-state index in [4.69, 9.17) is 22.1 Å². The van der Waals surface area contributed by atoms with Crippen LogP contribution in [0.25, 0.3) is 0 Å². The molecular formula is C8H8ClNO. The molecular weight excluding hydrogens is 162 g/mol. The van der Waals surface area contributed by atoms with Gasteiger partial charge in [-0.25, -0.2) is 0 Å². The summed E-state index contributed by atoms with van der Waals surface area (Å²) in [5.41, 5.74) is 7.29. The first kappa shape index (κ1) is 6.80. The number of hydrogen-bond donors (Lipinski definition) is 1. The molecule has 58 valence electrons. The fourth-order valence-corrected chi connectivity index (χ4v) is 1.50. The Morgan fingerprint density at radius 2 is 2.27 bits per heavy atom. The van der Waals surface area contributed by atoms with Crippen molar-refractivity contribution >= 4 is 17.3 Å². The highest BCUT2D eigenvalue weighted by atomic mass is 35.5.